The van der Waals surface area contributed by atoms with Gasteiger partial charge in [0.05, 0.1) is 0 Å². The molecule has 2 N–H and O–H groups in total. The van der Waals surface area contributed by atoms with Crippen LogP contribution >= 0.6 is 0 Å². The Morgan fingerprint density at radius 2 is 1.26 bits per heavy atom. The molecule has 5 heteroatoms. The molecular weight excluding hydrogens is 391 g/mol. The van der Waals surface area contributed by atoms with Gasteiger partial charge in [0.1, 0.15) is 5.82 Å². The molecule has 4 nitrogen and oxygen atoms in total. The molecule has 2 aliphatic rings. The van der Waals surface area contributed by atoms with Crippen molar-refractivity contribution in [3.8, 4) is 0 Å². The van der Waals surface area contributed by atoms with E-state index >= 15 is 0 Å². The van der Waals surface area contributed by atoms with Crippen LogP contribution in [-0.4, -0.2) is 11.8 Å². The van der Waals surface area contributed by atoms with Crippen molar-refractivity contribution >= 4 is 23.2 Å². The third-order valence-corrected chi connectivity index (χ3v) is 5.11. The van der Waals surface area contributed by atoms with Crippen molar-refractivity contribution < 1.29 is 14.0 Å². The number of carbonyl (C=O) groups excluding carboxylic acids is 2. The minimum atomic E-state index is -0.265. The number of carbonyl (C=O) groups is 2. The van der Waals surface area contributed by atoms with Crippen LogP contribution in [0.25, 0.3) is 0 Å². The predicted molar refractivity (Wildman–Crippen MR) is 128 cm³/mol. The van der Waals surface area contributed by atoms with E-state index in [-0.39, 0.29) is 29.5 Å². The van der Waals surface area contributed by atoms with Crippen LogP contribution in [0.1, 0.15) is 63.8 Å². The monoisotopic (exact) mass is 428 g/mol. The van der Waals surface area contributed by atoms with Gasteiger partial charge in [-0.1, -0.05) is 65.3 Å². The lowest BCUT2D eigenvalue weighted by Crippen LogP contribution is -2.27. The van der Waals surface area contributed by atoms with E-state index in [1.54, 1.807) is 13.0 Å². The summed E-state index contributed by atoms with van der Waals surface area (Å²) in [7, 11) is 0. The fourth-order valence-corrected chi connectivity index (χ4v) is 3.40. The molecule has 31 heavy (non-hydrogen) atoms. The topological polar surface area (TPSA) is 58.2 Å². The number of nitrogens with one attached hydrogen (secondary N) is 2. The number of benzene rings is 2. The van der Waals surface area contributed by atoms with E-state index in [1.165, 1.54) is 17.2 Å². The number of rotatable bonds is 0. The Balaban J connectivity index is 0.000000268. The minimum absolute atomic E-state index is 0.0210. The summed E-state index contributed by atoms with van der Waals surface area (Å²) in [6, 6.07) is 9.35. The van der Waals surface area contributed by atoms with Gasteiger partial charge in [0.15, 0.2) is 0 Å². The third kappa shape index (κ3) is 6.91. The highest BCUT2D eigenvalue weighted by Crippen LogP contribution is 2.28. The maximum atomic E-state index is 13.2. The quantitative estimate of drug-likeness (QED) is 0.507. The molecule has 0 bridgehead atoms. The average molecular weight is 429 g/mol. The summed E-state index contributed by atoms with van der Waals surface area (Å²) in [5.74, 6) is -0.0719. The summed E-state index contributed by atoms with van der Waals surface area (Å²) in [4.78, 5) is 22.7. The first-order chi connectivity index (χ1) is 14.7. The molecule has 0 saturated carbocycles. The number of amides is 2. The number of hydrogen-bond donors (Lipinski definition) is 2. The van der Waals surface area contributed by atoms with E-state index in [2.05, 4.69) is 23.6 Å². The van der Waals surface area contributed by atoms with Gasteiger partial charge in [0, 0.05) is 23.2 Å². The van der Waals surface area contributed by atoms with Gasteiger partial charge in [-0.15, -0.1) is 0 Å². The standard InChI is InChI=1S/C11H12FNO.C11H13NO.2C2H6/c1-6-3-8-4-7(2)11(14)13-10(8)5-9(6)12;1-7-3-4-10-9(5-7)6-8(2)11(13)12-10;2*1-2/h3,5,7H,4H2,1-2H3,(H,13,14);3-5,8H,6H2,1-2H3,(H,12,13);2*1-2H3. The van der Waals surface area contributed by atoms with Gasteiger partial charge in [-0.05, 0) is 55.5 Å². The Bertz CT molecular complexity index is 909. The van der Waals surface area contributed by atoms with Crippen molar-refractivity contribution in [2.24, 2.45) is 11.8 Å². The molecule has 2 atom stereocenters. The number of aryl methyl sites for hydroxylation is 2. The van der Waals surface area contributed by atoms with Gasteiger partial charge in [-0.2, -0.15) is 0 Å². The predicted octanol–water partition coefficient (Wildman–Crippen LogP) is 6.44. The second kappa shape index (κ2) is 12.2. The molecule has 2 aromatic rings. The summed E-state index contributed by atoms with van der Waals surface area (Å²) in [6.45, 7) is 15.6. The van der Waals surface area contributed by atoms with E-state index in [0.29, 0.717) is 17.7 Å². The molecule has 2 aliphatic heterocycles. The van der Waals surface area contributed by atoms with Gasteiger partial charge >= 0.3 is 0 Å². The molecule has 0 radical (unpaired) electrons. The van der Waals surface area contributed by atoms with Crippen molar-refractivity contribution in [2.75, 3.05) is 10.6 Å². The second-order valence-electron chi connectivity index (χ2n) is 7.61. The van der Waals surface area contributed by atoms with E-state index in [4.69, 9.17) is 0 Å². The fourth-order valence-electron chi connectivity index (χ4n) is 3.40. The van der Waals surface area contributed by atoms with Crippen LogP contribution in [0.2, 0.25) is 0 Å². The van der Waals surface area contributed by atoms with Gasteiger partial charge in [-0.3, -0.25) is 9.59 Å². The maximum absolute atomic E-state index is 13.2. The largest absolute Gasteiger partial charge is 0.326 e. The molecule has 2 heterocycles. The lowest BCUT2D eigenvalue weighted by atomic mass is 9.93. The minimum Gasteiger partial charge on any atom is -0.326 e. The van der Waals surface area contributed by atoms with E-state index in [0.717, 1.165) is 17.7 Å². The number of anilines is 2. The second-order valence-corrected chi connectivity index (χ2v) is 7.61. The lowest BCUT2D eigenvalue weighted by Gasteiger charge is -2.22. The Labute approximate surface area is 186 Å². The molecule has 0 aromatic heterocycles. The van der Waals surface area contributed by atoms with Crippen molar-refractivity contribution in [3.63, 3.8) is 0 Å². The van der Waals surface area contributed by atoms with E-state index in [1.807, 2.05) is 53.7 Å². The van der Waals surface area contributed by atoms with Gasteiger partial charge in [0.25, 0.3) is 0 Å². The zero-order valence-corrected chi connectivity index (χ0v) is 20.2. The van der Waals surface area contributed by atoms with Crippen molar-refractivity contribution in [2.45, 2.75) is 68.2 Å². The lowest BCUT2D eigenvalue weighted by molar-refractivity contribution is -0.120. The third-order valence-electron chi connectivity index (χ3n) is 5.11. The Kier molecular flexibility index (Phi) is 10.4. The molecule has 4 rings (SSSR count). The first kappa shape index (κ1) is 26.3. The zero-order chi connectivity index (χ0) is 23.7. The maximum Gasteiger partial charge on any atom is 0.227 e. The van der Waals surface area contributed by atoms with Crippen LogP contribution in [-0.2, 0) is 22.4 Å². The molecule has 0 saturated heterocycles. The molecule has 0 fully saturated rings. The smallest absolute Gasteiger partial charge is 0.227 e. The molecule has 2 amide bonds. The number of hydrogen-bond acceptors (Lipinski definition) is 2. The van der Waals surface area contributed by atoms with Crippen LogP contribution < -0.4 is 10.6 Å². The highest BCUT2D eigenvalue weighted by Gasteiger charge is 2.23. The molecular formula is C26H37FN2O2. The van der Waals surface area contributed by atoms with Gasteiger partial charge in [-0.25, -0.2) is 4.39 Å². The summed E-state index contributed by atoms with van der Waals surface area (Å²) in [6.07, 6.45) is 1.56. The number of halogens is 1. The van der Waals surface area contributed by atoms with Crippen molar-refractivity contribution in [1.82, 2.24) is 0 Å². The van der Waals surface area contributed by atoms with Crippen molar-refractivity contribution in [1.29, 1.82) is 0 Å². The van der Waals surface area contributed by atoms with Crippen LogP contribution in [0.3, 0.4) is 0 Å². The van der Waals surface area contributed by atoms with E-state index < -0.39 is 0 Å². The molecule has 2 aromatic carbocycles. The van der Waals surface area contributed by atoms with Gasteiger partial charge in [0.2, 0.25) is 11.8 Å². The molecule has 170 valence electrons. The zero-order valence-electron chi connectivity index (χ0n) is 20.2. The Hall–Kier alpha value is -2.69. The molecule has 0 spiro atoms. The van der Waals surface area contributed by atoms with Crippen LogP contribution in [0.5, 0.6) is 0 Å². The fraction of sp³-hybridized carbons (Fsp3) is 0.462. The highest BCUT2D eigenvalue weighted by molar-refractivity contribution is 5.96. The average Bonchev–Trinajstić information content (AvgIpc) is 2.75. The van der Waals surface area contributed by atoms with E-state index in [9.17, 15) is 14.0 Å². The normalized spacial score (nSPS) is 18.2. The molecule has 0 aliphatic carbocycles. The summed E-state index contributed by atoms with van der Waals surface area (Å²) < 4.78 is 13.2. The van der Waals surface area contributed by atoms with Crippen molar-refractivity contribution in [3.05, 3.63) is 58.4 Å². The summed E-state index contributed by atoms with van der Waals surface area (Å²) in [5.41, 5.74) is 5.77. The highest BCUT2D eigenvalue weighted by atomic mass is 19.1. The Morgan fingerprint density at radius 1 is 0.774 bits per heavy atom. The van der Waals surface area contributed by atoms with Crippen LogP contribution in [0.4, 0.5) is 15.8 Å². The van der Waals surface area contributed by atoms with Gasteiger partial charge < -0.3 is 10.6 Å². The first-order valence-corrected chi connectivity index (χ1v) is 11.2. The first-order valence-electron chi connectivity index (χ1n) is 11.2. The SMILES string of the molecule is CC.CC.Cc1cc2c(cc1F)NC(=O)C(C)C2.Cc1ccc2c(c1)CC(C)C(=O)N2. The summed E-state index contributed by atoms with van der Waals surface area (Å²) >= 11 is 0. The molecule has 2 unspecified atom stereocenters. The van der Waals surface area contributed by atoms with Crippen LogP contribution in [0, 0.1) is 31.5 Å². The summed E-state index contributed by atoms with van der Waals surface area (Å²) in [5, 5.41) is 5.60. The Morgan fingerprint density at radius 3 is 1.81 bits per heavy atom. The van der Waals surface area contributed by atoms with Crippen LogP contribution in [0.15, 0.2) is 30.3 Å². The number of fused-ring (bicyclic) bond motifs is 2.